The van der Waals surface area contributed by atoms with E-state index in [9.17, 15) is 0 Å². The SMILES string of the molecule is CC(C)Oc1ncccc1CNCc1ccc(Br)c(Cl)c1. The zero-order valence-corrected chi connectivity index (χ0v) is 14.4. The summed E-state index contributed by atoms with van der Waals surface area (Å²) in [4.78, 5) is 4.28. The molecule has 0 saturated carbocycles. The number of ether oxygens (including phenoxy) is 1. The Morgan fingerprint density at radius 2 is 2.10 bits per heavy atom. The van der Waals surface area contributed by atoms with Crippen molar-refractivity contribution in [2.75, 3.05) is 0 Å². The summed E-state index contributed by atoms with van der Waals surface area (Å²) in [7, 11) is 0. The minimum atomic E-state index is 0.115. The first-order valence-corrected chi connectivity index (χ1v) is 7.98. The Hall–Kier alpha value is -1.10. The van der Waals surface area contributed by atoms with Crippen LogP contribution in [-0.4, -0.2) is 11.1 Å². The van der Waals surface area contributed by atoms with Crippen LogP contribution in [0, 0.1) is 0 Å². The van der Waals surface area contributed by atoms with Gasteiger partial charge < -0.3 is 10.1 Å². The summed E-state index contributed by atoms with van der Waals surface area (Å²) in [6.45, 7) is 5.43. The lowest BCUT2D eigenvalue weighted by atomic mass is 10.2. The van der Waals surface area contributed by atoms with E-state index in [1.165, 1.54) is 0 Å². The highest BCUT2D eigenvalue weighted by molar-refractivity contribution is 9.10. The summed E-state index contributed by atoms with van der Waals surface area (Å²) in [6, 6.07) is 9.88. The Bertz CT molecular complexity index is 605. The van der Waals surface area contributed by atoms with Gasteiger partial charge in [0, 0.05) is 29.3 Å². The summed E-state index contributed by atoms with van der Waals surface area (Å²) in [5.41, 5.74) is 2.19. The number of nitrogens with zero attached hydrogens (tertiary/aromatic N) is 1. The minimum absolute atomic E-state index is 0.115. The fourth-order valence-corrected chi connectivity index (χ4v) is 2.33. The number of aromatic nitrogens is 1. The first-order chi connectivity index (χ1) is 10.1. The lowest BCUT2D eigenvalue weighted by Gasteiger charge is -2.13. The smallest absolute Gasteiger partial charge is 0.218 e. The van der Waals surface area contributed by atoms with Crippen molar-refractivity contribution in [2.24, 2.45) is 0 Å². The van der Waals surface area contributed by atoms with Crippen molar-refractivity contribution in [1.82, 2.24) is 10.3 Å². The van der Waals surface area contributed by atoms with Crippen molar-refractivity contribution in [3.63, 3.8) is 0 Å². The van der Waals surface area contributed by atoms with Crippen LogP contribution in [0.1, 0.15) is 25.0 Å². The summed E-state index contributed by atoms with van der Waals surface area (Å²) >= 11 is 9.48. The molecule has 112 valence electrons. The molecule has 0 aliphatic heterocycles. The van der Waals surface area contributed by atoms with Crippen molar-refractivity contribution in [3.05, 3.63) is 57.2 Å². The fraction of sp³-hybridized carbons (Fsp3) is 0.312. The van der Waals surface area contributed by atoms with Crippen LogP contribution in [-0.2, 0) is 13.1 Å². The van der Waals surface area contributed by atoms with Gasteiger partial charge in [0.15, 0.2) is 0 Å². The van der Waals surface area contributed by atoms with Crippen LogP contribution < -0.4 is 10.1 Å². The number of nitrogens with one attached hydrogen (secondary N) is 1. The van der Waals surface area contributed by atoms with E-state index in [4.69, 9.17) is 16.3 Å². The molecule has 1 aromatic carbocycles. The first-order valence-electron chi connectivity index (χ1n) is 6.81. The molecule has 1 heterocycles. The summed E-state index contributed by atoms with van der Waals surface area (Å²) in [6.07, 6.45) is 1.86. The zero-order chi connectivity index (χ0) is 15.2. The number of hydrogen-bond donors (Lipinski definition) is 1. The van der Waals surface area contributed by atoms with Crippen LogP contribution >= 0.6 is 27.5 Å². The zero-order valence-electron chi connectivity index (χ0n) is 12.1. The number of halogens is 2. The van der Waals surface area contributed by atoms with Crippen molar-refractivity contribution in [2.45, 2.75) is 33.0 Å². The van der Waals surface area contributed by atoms with Crippen LogP contribution in [0.4, 0.5) is 0 Å². The molecule has 0 bridgehead atoms. The Labute approximate surface area is 138 Å². The van der Waals surface area contributed by atoms with Gasteiger partial charge in [0.2, 0.25) is 5.88 Å². The van der Waals surface area contributed by atoms with Crippen LogP contribution in [0.15, 0.2) is 41.0 Å². The summed E-state index contributed by atoms with van der Waals surface area (Å²) < 4.78 is 6.61. The summed E-state index contributed by atoms with van der Waals surface area (Å²) in [5, 5.41) is 4.11. The van der Waals surface area contributed by atoms with E-state index in [-0.39, 0.29) is 6.10 Å². The molecule has 0 atom stereocenters. The molecule has 0 fully saturated rings. The number of hydrogen-bond acceptors (Lipinski definition) is 3. The third-order valence-corrected chi connectivity index (χ3v) is 4.06. The molecule has 0 unspecified atom stereocenters. The molecule has 0 radical (unpaired) electrons. The molecule has 0 aliphatic carbocycles. The number of benzene rings is 1. The van der Waals surface area contributed by atoms with Crippen molar-refractivity contribution < 1.29 is 4.74 Å². The van der Waals surface area contributed by atoms with E-state index >= 15 is 0 Å². The largest absolute Gasteiger partial charge is 0.475 e. The maximum absolute atomic E-state index is 6.09. The van der Waals surface area contributed by atoms with Gasteiger partial charge in [-0.15, -0.1) is 0 Å². The normalized spacial score (nSPS) is 10.9. The average molecular weight is 370 g/mol. The molecule has 3 nitrogen and oxygen atoms in total. The predicted octanol–water partition coefficient (Wildman–Crippen LogP) is 4.57. The predicted molar refractivity (Wildman–Crippen MR) is 89.7 cm³/mol. The third-order valence-electron chi connectivity index (χ3n) is 2.83. The molecule has 1 N–H and O–H groups in total. The van der Waals surface area contributed by atoms with Gasteiger partial charge in [-0.2, -0.15) is 0 Å². The molecule has 0 saturated heterocycles. The highest BCUT2D eigenvalue weighted by Gasteiger charge is 2.06. The van der Waals surface area contributed by atoms with Gasteiger partial charge in [-0.3, -0.25) is 0 Å². The molecular formula is C16H18BrClN2O. The van der Waals surface area contributed by atoms with Crippen LogP contribution in [0.5, 0.6) is 5.88 Å². The van der Waals surface area contributed by atoms with Gasteiger partial charge in [-0.1, -0.05) is 23.7 Å². The Kier molecular flexibility index (Phi) is 6.03. The maximum atomic E-state index is 6.09. The average Bonchev–Trinajstić information content (AvgIpc) is 2.44. The van der Waals surface area contributed by atoms with Crippen molar-refractivity contribution >= 4 is 27.5 Å². The Morgan fingerprint density at radius 3 is 2.81 bits per heavy atom. The second kappa shape index (κ2) is 7.78. The highest BCUT2D eigenvalue weighted by Crippen LogP contribution is 2.23. The monoisotopic (exact) mass is 368 g/mol. The molecule has 0 spiro atoms. The molecule has 2 aromatic rings. The second-order valence-electron chi connectivity index (χ2n) is 4.99. The Morgan fingerprint density at radius 1 is 1.29 bits per heavy atom. The van der Waals surface area contributed by atoms with E-state index in [1.54, 1.807) is 6.20 Å². The summed E-state index contributed by atoms with van der Waals surface area (Å²) in [5.74, 6) is 0.689. The van der Waals surface area contributed by atoms with Gasteiger partial charge >= 0.3 is 0 Å². The van der Waals surface area contributed by atoms with Crippen molar-refractivity contribution in [3.8, 4) is 5.88 Å². The Balaban J connectivity index is 1.95. The third kappa shape index (κ3) is 4.99. The van der Waals surface area contributed by atoms with Crippen LogP contribution in [0.2, 0.25) is 5.02 Å². The highest BCUT2D eigenvalue weighted by atomic mass is 79.9. The van der Waals surface area contributed by atoms with Gasteiger partial charge in [0.05, 0.1) is 11.1 Å². The lowest BCUT2D eigenvalue weighted by Crippen LogP contribution is -2.15. The quantitative estimate of drug-likeness (QED) is 0.809. The molecular weight excluding hydrogens is 352 g/mol. The number of rotatable bonds is 6. The topological polar surface area (TPSA) is 34.1 Å². The molecule has 1 aromatic heterocycles. The molecule has 5 heteroatoms. The molecule has 0 amide bonds. The molecule has 0 aliphatic rings. The fourth-order valence-electron chi connectivity index (χ4n) is 1.88. The standard InChI is InChI=1S/C16H18BrClN2O/c1-11(2)21-16-13(4-3-7-20-16)10-19-9-12-5-6-14(17)15(18)8-12/h3-8,11,19H,9-10H2,1-2H3. The lowest BCUT2D eigenvalue weighted by molar-refractivity contribution is 0.229. The maximum Gasteiger partial charge on any atom is 0.218 e. The van der Waals surface area contributed by atoms with Gasteiger partial charge in [-0.05, 0) is 53.5 Å². The van der Waals surface area contributed by atoms with Crippen molar-refractivity contribution in [1.29, 1.82) is 0 Å². The van der Waals surface area contributed by atoms with Gasteiger partial charge in [0.25, 0.3) is 0 Å². The minimum Gasteiger partial charge on any atom is -0.475 e. The second-order valence-corrected chi connectivity index (χ2v) is 6.25. The number of pyridine rings is 1. The van der Waals surface area contributed by atoms with E-state index in [0.29, 0.717) is 12.4 Å². The molecule has 2 rings (SSSR count). The van der Waals surface area contributed by atoms with Crippen LogP contribution in [0.25, 0.3) is 0 Å². The first kappa shape index (κ1) is 16.3. The van der Waals surface area contributed by atoms with E-state index in [2.05, 4.69) is 26.2 Å². The van der Waals surface area contributed by atoms with E-state index < -0.39 is 0 Å². The van der Waals surface area contributed by atoms with Gasteiger partial charge in [0.1, 0.15) is 0 Å². The van der Waals surface area contributed by atoms with Gasteiger partial charge in [-0.25, -0.2) is 4.98 Å². The van der Waals surface area contributed by atoms with E-state index in [1.807, 2.05) is 44.2 Å². The molecule has 21 heavy (non-hydrogen) atoms. The van der Waals surface area contributed by atoms with E-state index in [0.717, 1.165) is 27.2 Å². The van der Waals surface area contributed by atoms with Crippen LogP contribution in [0.3, 0.4) is 0 Å².